The number of rotatable bonds is 3. The minimum atomic E-state index is -0.965. The van der Waals surface area contributed by atoms with Crippen molar-refractivity contribution >= 4 is 17.7 Å². The highest BCUT2D eigenvalue weighted by Crippen LogP contribution is 2.51. The summed E-state index contributed by atoms with van der Waals surface area (Å²) in [7, 11) is 0. The summed E-state index contributed by atoms with van der Waals surface area (Å²) in [4.78, 5) is 25.2. The van der Waals surface area contributed by atoms with Crippen molar-refractivity contribution in [1.29, 1.82) is 0 Å². The maximum Gasteiger partial charge on any atom is 0.327 e. The van der Waals surface area contributed by atoms with Crippen LogP contribution >= 0.6 is 0 Å². The van der Waals surface area contributed by atoms with Crippen LogP contribution in [0.25, 0.3) is 0 Å². The molecule has 1 aliphatic carbocycles. The lowest BCUT2D eigenvalue weighted by Crippen LogP contribution is -2.48. The Kier molecular flexibility index (Phi) is 3.15. The predicted molar refractivity (Wildman–Crippen MR) is 79.3 cm³/mol. The summed E-state index contributed by atoms with van der Waals surface area (Å²) in [5.41, 5.74) is 1.91. The second-order valence-electron chi connectivity index (χ2n) is 6.63. The monoisotopic (exact) mass is 288 g/mol. The van der Waals surface area contributed by atoms with Crippen molar-refractivity contribution in [2.75, 3.05) is 11.4 Å². The van der Waals surface area contributed by atoms with Gasteiger partial charge in [0.15, 0.2) is 0 Å². The van der Waals surface area contributed by atoms with Gasteiger partial charge in [-0.15, -0.1) is 0 Å². The molecule has 0 radical (unpaired) electrons. The maximum absolute atomic E-state index is 12.4. The van der Waals surface area contributed by atoms with Gasteiger partial charge in [-0.25, -0.2) is 9.59 Å². The number of carbonyl (C=O) groups excluding carboxylic acids is 1. The molecule has 2 atom stereocenters. The van der Waals surface area contributed by atoms with Crippen LogP contribution in [0.4, 0.5) is 10.5 Å². The summed E-state index contributed by atoms with van der Waals surface area (Å²) in [6, 6.07) is 6.25. The first-order chi connectivity index (χ1) is 9.90. The number of hydrogen-bond acceptors (Lipinski definition) is 2. The molecule has 112 valence electrons. The van der Waals surface area contributed by atoms with E-state index < -0.39 is 12.0 Å². The van der Waals surface area contributed by atoms with Crippen LogP contribution < -0.4 is 10.2 Å². The van der Waals surface area contributed by atoms with Gasteiger partial charge in [0.25, 0.3) is 0 Å². The molecule has 2 amide bonds. The highest BCUT2D eigenvalue weighted by molar-refractivity contribution is 6.01. The van der Waals surface area contributed by atoms with Crippen LogP contribution in [0, 0.1) is 11.3 Å². The van der Waals surface area contributed by atoms with Crippen LogP contribution in [0.2, 0.25) is 0 Å². The van der Waals surface area contributed by atoms with Crippen molar-refractivity contribution in [1.82, 2.24) is 5.32 Å². The molecule has 0 spiro atoms. The number of aliphatic carboxylic acids is 1. The number of carboxylic acids is 1. The molecule has 2 aliphatic rings. The van der Waals surface area contributed by atoms with Gasteiger partial charge in [-0.05, 0) is 29.4 Å². The zero-order valence-electron chi connectivity index (χ0n) is 12.3. The zero-order valence-corrected chi connectivity index (χ0v) is 12.3. The topological polar surface area (TPSA) is 69.6 Å². The van der Waals surface area contributed by atoms with E-state index in [1.807, 2.05) is 18.2 Å². The quantitative estimate of drug-likeness (QED) is 0.896. The Bertz CT molecular complexity index is 597. The summed E-state index contributed by atoms with van der Waals surface area (Å²) in [6.07, 6.45) is 1.47. The number of hydrogen-bond donors (Lipinski definition) is 2. The van der Waals surface area contributed by atoms with Gasteiger partial charge in [0.1, 0.15) is 6.04 Å². The summed E-state index contributed by atoms with van der Waals surface area (Å²) < 4.78 is 0. The molecule has 2 N–H and O–H groups in total. The molecule has 5 nitrogen and oxygen atoms in total. The normalized spacial score (nSPS) is 25.3. The lowest BCUT2D eigenvalue weighted by atomic mass is 10.1. The van der Waals surface area contributed by atoms with Crippen molar-refractivity contribution < 1.29 is 14.7 Å². The Morgan fingerprint density at radius 2 is 2.05 bits per heavy atom. The predicted octanol–water partition coefficient (Wildman–Crippen LogP) is 2.26. The molecule has 0 saturated heterocycles. The fourth-order valence-electron chi connectivity index (χ4n) is 3.05. The number of fused-ring (bicyclic) bond motifs is 1. The number of benzene rings is 1. The Labute approximate surface area is 123 Å². The Morgan fingerprint density at radius 1 is 1.38 bits per heavy atom. The highest BCUT2D eigenvalue weighted by Gasteiger charge is 2.46. The standard InChI is InChI=1S/C16H20N2O3/c1-16(2)8-11(16)9-17-15(21)18-12-6-4-3-5-10(12)7-13(18)14(19)20/h3-6,11,13H,7-9H2,1-2H3,(H,17,21)(H,19,20). The summed E-state index contributed by atoms with van der Waals surface area (Å²) in [5.74, 6) is -0.476. The molecule has 1 heterocycles. The Hall–Kier alpha value is -2.04. The van der Waals surface area contributed by atoms with Gasteiger partial charge in [0, 0.05) is 18.7 Å². The molecule has 3 rings (SSSR count). The van der Waals surface area contributed by atoms with Gasteiger partial charge >= 0.3 is 12.0 Å². The molecule has 1 fully saturated rings. The van der Waals surface area contributed by atoms with E-state index in [1.54, 1.807) is 6.07 Å². The van der Waals surface area contributed by atoms with E-state index >= 15 is 0 Å². The lowest BCUT2D eigenvalue weighted by Gasteiger charge is -2.23. The van der Waals surface area contributed by atoms with Crippen molar-refractivity contribution in [2.24, 2.45) is 11.3 Å². The highest BCUT2D eigenvalue weighted by atomic mass is 16.4. The maximum atomic E-state index is 12.4. The van der Waals surface area contributed by atoms with Crippen LogP contribution in [0.15, 0.2) is 24.3 Å². The number of amides is 2. The van der Waals surface area contributed by atoms with Gasteiger partial charge in [0.2, 0.25) is 0 Å². The molecule has 1 aromatic carbocycles. The summed E-state index contributed by atoms with van der Waals surface area (Å²) in [6.45, 7) is 4.96. The molecule has 21 heavy (non-hydrogen) atoms. The van der Waals surface area contributed by atoms with Crippen LogP contribution in [0.3, 0.4) is 0 Å². The number of urea groups is 1. The van der Waals surface area contributed by atoms with Crippen LogP contribution in [0.1, 0.15) is 25.8 Å². The lowest BCUT2D eigenvalue weighted by molar-refractivity contribution is -0.138. The average Bonchev–Trinajstić information content (AvgIpc) is 2.87. The van der Waals surface area contributed by atoms with Crippen molar-refractivity contribution in [3.8, 4) is 0 Å². The smallest absolute Gasteiger partial charge is 0.327 e. The number of carboxylic acid groups (broad SMARTS) is 1. The first-order valence-electron chi connectivity index (χ1n) is 7.28. The molecule has 5 heteroatoms. The number of nitrogens with zero attached hydrogens (tertiary/aromatic N) is 1. The molecule has 2 unspecified atom stereocenters. The molecular weight excluding hydrogens is 268 g/mol. The number of para-hydroxylation sites is 1. The van der Waals surface area contributed by atoms with Gasteiger partial charge < -0.3 is 10.4 Å². The molecule has 0 bridgehead atoms. The summed E-state index contributed by atoms with van der Waals surface area (Å²) >= 11 is 0. The zero-order chi connectivity index (χ0) is 15.2. The van der Waals surface area contributed by atoms with Gasteiger partial charge in [-0.2, -0.15) is 0 Å². The van der Waals surface area contributed by atoms with E-state index in [0.717, 1.165) is 12.0 Å². The van der Waals surface area contributed by atoms with Crippen LogP contribution in [-0.4, -0.2) is 29.7 Å². The molecule has 0 aromatic heterocycles. The third kappa shape index (κ3) is 2.48. The van der Waals surface area contributed by atoms with E-state index in [9.17, 15) is 14.7 Å². The fraction of sp³-hybridized carbons (Fsp3) is 0.500. The van der Waals surface area contributed by atoms with Crippen LogP contribution in [-0.2, 0) is 11.2 Å². The van der Waals surface area contributed by atoms with Crippen molar-refractivity contribution in [3.05, 3.63) is 29.8 Å². The minimum Gasteiger partial charge on any atom is -0.480 e. The van der Waals surface area contributed by atoms with E-state index in [4.69, 9.17) is 0 Å². The second-order valence-corrected chi connectivity index (χ2v) is 6.63. The first-order valence-corrected chi connectivity index (χ1v) is 7.28. The molecular formula is C16H20N2O3. The number of nitrogens with one attached hydrogen (secondary N) is 1. The number of anilines is 1. The average molecular weight is 288 g/mol. The SMILES string of the molecule is CC1(C)CC1CNC(=O)N1c2ccccc2CC1C(=O)O. The second kappa shape index (κ2) is 4.76. The first kappa shape index (κ1) is 13.9. The largest absolute Gasteiger partial charge is 0.480 e. The third-order valence-corrected chi connectivity index (χ3v) is 4.70. The van der Waals surface area contributed by atoms with Crippen LogP contribution in [0.5, 0.6) is 0 Å². The van der Waals surface area contributed by atoms with Crippen molar-refractivity contribution in [2.45, 2.75) is 32.7 Å². The molecule has 1 aliphatic heterocycles. The van der Waals surface area contributed by atoms with Gasteiger partial charge in [-0.3, -0.25) is 4.90 Å². The minimum absolute atomic E-state index is 0.294. The number of carbonyl (C=O) groups is 2. The van der Waals surface area contributed by atoms with E-state index in [1.165, 1.54) is 4.90 Å². The van der Waals surface area contributed by atoms with Gasteiger partial charge in [0.05, 0.1) is 0 Å². The molecule has 1 aromatic rings. The van der Waals surface area contributed by atoms with Gasteiger partial charge in [-0.1, -0.05) is 32.0 Å². The van der Waals surface area contributed by atoms with E-state index in [0.29, 0.717) is 30.0 Å². The van der Waals surface area contributed by atoms with E-state index in [-0.39, 0.29) is 6.03 Å². The third-order valence-electron chi connectivity index (χ3n) is 4.70. The fourth-order valence-corrected chi connectivity index (χ4v) is 3.05. The Morgan fingerprint density at radius 3 is 2.67 bits per heavy atom. The van der Waals surface area contributed by atoms with Crippen molar-refractivity contribution in [3.63, 3.8) is 0 Å². The van der Waals surface area contributed by atoms with E-state index in [2.05, 4.69) is 19.2 Å². The summed E-state index contributed by atoms with van der Waals surface area (Å²) in [5, 5.41) is 12.2. The molecule has 1 saturated carbocycles. The Balaban J connectivity index is 1.74.